The Balaban J connectivity index is 1.83. The molecule has 0 atom stereocenters. The molecule has 1 amide bonds. The average Bonchev–Trinajstić information content (AvgIpc) is 3.14. The van der Waals surface area contributed by atoms with Gasteiger partial charge in [-0.05, 0) is 45.4 Å². The van der Waals surface area contributed by atoms with Crippen molar-refractivity contribution < 1.29 is 4.79 Å². The van der Waals surface area contributed by atoms with Crippen LogP contribution in [0, 0.1) is 13.8 Å². The van der Waals surface area contributed by atoms with E-state index in [1.807, 2.05) is 42.8 Å². The van der Waals surface area contributed by atoms with E-state index in [4.69, 9.17) is 23.2 Å². The zero-order valence-electron chi connectivity index (χ0n) is 15.6. The molecule has 8 heteroatoms. The zero-order valence-corrected chi connectivity index (χ0v) is 17.1. The van der Waals surface area contributed by atoms with Crippen molar-refractivity contribution in [2.24, 2.45) is 0 Å². The molecule has 6 nitrogen and oxygen atoms in total. The fourth-order valence-electron chi connectivity index (χ4n) is 2.82. The van der Waals surface area contributed by atoms with Crippen molar-refractivity contribution in [2.75, 3.05) is 5.32 Å². The number of nitrogens with one attached hydrogen (secondary N) is 1. The predicted molar refractivity (Wildman–Crippen MR) is 107 cm³/mol. The number of hydrogen-bond acceptors (Lipinski definition) is 3. The highest BCUT2D eigenvalue weighted by Gasteiger charge is 2.32. The molecule has 0 aliphatic heterocycles. The maximum Gasteiger partial charge on any atom is 0.251 e. The van der Waals surface area contributed by atoms with Gasteiger partial charge in [0.25, 0.3) is 5.91 Å². The first-order valence-corrected chi connectivity index (χ1v) is 9.24. The van der Waals surface area contributed by atoms with Gasteiger partial charge in [-0.15, -0.1) is 0 Å². The Labute approximate surface area is 168 Å². The molecule has 1 N–H and O–H groups in total. The first-order chi connectivity index (χ1) is 12.7. The maximum atomic E-state index is 12.9. The quantitative estimate of drug-likeness (QED) is 0.682. The minimum Gasteiger partial charge on any atom is -0.321 e. The molecule has 1 aromatic carbocycles. The zero-order chi connectivity index (χ0) is 19.8. The summed E-state index contributed by atoms with van der Waals surface area (Å²) in [6.45, 7) is 7.94. The molecule has 3 aromatic rings. The Hall–Kier alpha value is -2.31. The number of carbonyl (C=O) groups is 1. The van der Waals surface area contributed by atoms with Gasteiger partial charge in [-0.25, -0.2) is 0 Å². The molecule has 3 rings (SSSR count). The van der Waals surface area contributed by atoms with Crippen molar-refractivity contribution in [1.82, 2.24) is 19.6 Å². The van der Waals surface area contributed by atoms with Gasteiger partial charge in [-0.3, -0.25) is 14.2 Å². The number of carbonyl (C=O) groups excluding carboxylic acids is 1. The summed E-state index contributed by atoms with van der Waals surface area (Å²) in [6, 6.07) is 7.64. The van der Waals surface area contributed by atoms with E-state index in [2.05, 4.69) is 15.5 Å². The summed E-state index contributed by atoms with van der Waals surface area (Å²) < 4.78 is 3.40. The molecule has 2 aromatic heterocycles. The van der Waals surface area contributed by atoms with E-state index in [0.29, 0.717) is 22.3 Å². The Morgan fingerprint density at radius 2 is 1.96 bits per heavy atom. The number of aryl methyl sites for hydroxylation is 1. The lowest BCUT2D eigenvalue weighted by atomic mass is 10.0. The second-order valence-electron chi connectivity index (χ2n) is 6.95. The monoisotopic (exact) mass is 405 g/mol. The van der Waals surface area contributed by atoms with Gasteiger partial charge in [-0.1, -0.05) is 35.3 Å². The van der Waals surface area contributed by atoms with E-state index in [9.17, 15) is 4.79 Å². The standard InChI is InChI=1S/C19H21Cl2N5O/c1-12-17(23-18(27)19(3,4)26-11-16(21)9-22-26)13(2)25(24-12)10-14-6-5-7-15(20)8-14/h5-9,11H,10H2,1-4H3,(H,23,27). The van der Waals surface area contributed by atoms with Gasteiger partial charge in [0, 0.05) is 11.2 Å². The molecule has 0 spiro atoms. The van der Waals surface area contributed by atoms with Crippen molar-refractivity contribution in [1.29, 1.82) is 0 Å². The smallest absolute Gasteiger partial charge is 0.251 e. The largest absolute Gasteiger partial charge is 0.321 e. The van der Waals surface area contributed by atoms with E-state index in [1.54, 1.807) is 24.7 Å². The van der Waals surface area contributed by atoms with Crippen LogP contribution < -0.4 is 5.32 Å². The molecule has 0 bridgehead atoms. The summed E-state index contributed by atoms with van der Waals surface area (Å²) in [5, 5.41) is 12.9. The van der Waals surface area contributed by atoms with Gasteiger partial charge >= 0.3 is 0 Å². The minimum atomic E-state index is -0.902. The normalized spacial score (nSPS) is 11.6. The molecule has 0 radical (unpaired) electrons. The molecule has 0 saturated heterocycles. The molecular formula is C19H21Cl2N5O. The Morgan fingerprint density at radius 1 is 1.22 bits per heavy atom. The lowest BCUT2D eigenvalue weighted by Gasteiger charge is -2.24. The Bertz CT molecular complexity index is 990. The van der Waals surface area contributed by atoms with Crippen molar-refractivity contribution >= 4 is 34.8 Å². The average molecular weight is 406 g/mol. The van der Waals surface area contributed by atoms with Crippen LogP contribution in [0.2, 0.25) is 10.0 Å². The second-order valence-corrected chi connectivity index (χ2v) is 7.82. The van der Waals surface area contributed by atoms with Gasteiger partial charge in [0.1, 0.15) is 5.54 Å². The van der Waals surface area contributed by atoms with Crippen LogP contribution >= 0.6 is 23.2 Å². The highest BCUT2D eigenvalue weighted by molar-refractivity contribution is 6.30. The molecule has 0 saturated carbocycles. The molecule has 0 aliphatic carbocycles. The van der Waals surface area contributed by atoms with Gasteiger partial charge in [0.05, 0.1) is 34.8 Å². The van der Waals surface area contributed by atoms with Crippen LogP contribution in [0.3, 0.4) is 0 Å². The Morgan fingerprint density at radius 3 is 2.59 bits per heavy atom. The molecule has 27 heavy (non-hydrogen) atoms. The van der Waals surface area contributed by atoms with Crippen LogP contribution in [0.5, 0.6) is 0 Å². The first kappa shape index (κ1) is 19.5. The van der Waals surface area contributed by atoms with E-state index in [-0.39, 0.29) is 5.91 Å². The molecule has 2 heterocycles. The lowest BCUT2D eigenvalue weighted by molar-refractivity contribution is -0.123. The van der Waals surface area contributed by atoms with Crippen molar-refractivity contribution in [3.63, 3.8) is 0 Å². The van der Waals surface area contributed by atoms with E-state index in [1.165, 1.54) is 6.20 Å². The van der Waals surface area contributed by atoms with Gasteiger partial charge in [-0.2, -0.15) is 10.2 Å². The number of benzene rings is 1. The SMILES string of the molecule is Cc1nn(Cc2cccc(Cl)c2)c(C)c1NC(=O)C(C)(C)n1cc(Cl)cn1. The second kappa shape index (κ2) is 7.37. The van der Waals surface area contributed by atoms with Crippen LogP contribution in [0.4, 0.5) is 5.69 Å². The van der Waals surface area contributed by atoms with Crippen LogP contribution in [0.25, 0.3) is 0 Å². The summed E-state index contributed by atoms with van der Waals surface area (Å²) in [7, 11) is 0. The third-order valence-corrected chi connectivity index (χ3v) is 4.95. The molecule has 142 valence electrons. The van der Waals surface area contributed by atoms with Crippen LogP contribution in [-0.4, -0.2) is 25.5 Å². The fourth-order valence-corrected chi connectivity index (χ4v) is 3.17. The number of nitrogens with zero attached hydrogens (tertiary/aromatic N) is 4. The third-order valence-electron chi connectivity index (χ3n) is 4.52. The molecule has 0 aliphatic rings. The number of amides is 1. The van der Waals surface area contributed by atoms with E-state index < -0.39 is 5.54 Å². The minimum absolute atomic E-state index is 0.198. The number of rotatable bonds is 5. The first-order valence-electron chi connectivity index (χ1n) is 8.49. The number of hydrogen-bond donors (Lipinski definition) is 1. The lowest BCUT2D eigenvalue weighted by Crippen LogP contribution is -2.40. The van der Waals surface area contributed by atoms with Crippen molar-refractivity contribution in [3.05, 3.63) is 63.7 Å². The molecular weight excluding hydrogens is 385 g/mol. The molecule has 0 unspecified atom stereocenters. The van der Waals surface area contributed by atoms with Gasteiger partial charge in [0.15, 0.2) is 0 Å². The van der Waals surface area contributed by atoms with Crippen molar-refractivity contribution in [3.8, 4) is 0 Å². The van der Waals surface area contributed by atoms with E-state index >= 15 is 0 Å². The maximum absolute atomic E-state index is 12.9. The molecule has 0 fully saturated rings. The van der Waals surface area contributed by atoms with Crippen molar-refractivity contribution in [2.45, 2.75) is 39.8 Å². The van der Waals surface area contributed by atoms with Crippen LogP contribution in [0.15, 0.2) is 36.7 Å². The van der Waals surface area contributed by atoms with Gasteiger partial charge in [0.2, 0.25) is 0 Å². The summed E-state index contributed by atoms with van der Waals surface area (Å²) in [5.41, 5.74) is 2.46. The van der Waals surface area contributed by atoms with Crippen LogP contribution in [0.1, 0.15) is 30.8 Å². The summed E-state index contributed by atoms with van der Waals surface area (Å²) in [4.78, 5) is 12.9. The summed E-state index contributed by atoms with van der Waals surface area (Å²) in [5.74, 6) is -0.198. The fraction of sp³-hybridized carbons (Fsp3) is 0.316. The van der Waals surface area contributed by atoms with Gasteiger partial charge < -0.3 is 5.32 Å². The van der Waals surface area contributed by atoms with E-state index in [0.717, 1.165) is 17.0 Å². The number of anilines is 1. The predicted octanol–water partition coefficient (Wildman–Crippen LogP) is 4.43. The highest BCUT2D eigenvalue weighted by atomic mass is 35.5. The van der Waals surface area contributed by atoms with Crippen LogP contribution in [-0.2, 0) is 16.9 Å². The highest BCUT2D eigenvalue weighted by Crippen LogP contribution is 2.25. The third kappa shape index (κ3) is 4.01. The number of aromatic nitrogens is 4. The number of halogens is 2. The topological polar surface area (TPSA) is 64.7 Å². The summed E-state index contributed by atoms with van der Waals surface area (Å²) >= 11 is 12.0. The summed E-state index contributed by atoms with van der Waals surface area (Å²) in [6.07, 6.45) is 3.14. The Kier molecular flexibility index (Phi) is 5.31.